The molecule has 0 amide bonds. The van der Waals surface area contributed by atoms with Gasteiger partial charge in [-0.25, -0.2) is 0 Å². The van der Waals surface area contributed by atoms with Crippen molar-refractivity contribution in [1.29, 1.82) is 0 Å². The first-order valence-electron chi connectivity index (χ1n) is 9.45. The monoisotopic (exact) mass is 764 g/mol. The van der Waals surface area contributed by atoms with Crippen LogP contribution in [0.25, 0.3) is 0 Å². The van der Waals surface area contributed by atoms with E-state index >= 15 is 0 Å². The van der Waals surface area contributed by atoms with Crippen LogP contribution in [0.3, 0.4) is 0 Å². The summed E-state index contributed by atoms with van der Waals surface area (Å²) in [7, 11) is 11.0. The van der Waals surface area contributed by atoms with Crippen LogP contribution in [0, 0.1) is 0 Å². The summed E-state index contributed by atoms with van der Waals surface area (Å²) in [5, 5.41) is 1.81. The predicted molar refractivity (Wildman–Crippen MR) is 176 cm³/mol. The number of thiol groups is 2. The van der Waals surface area contributed by atoms with Crippen molar-refractivity contribution in [2.45, 2.75) is 63.8 Å². The van der Waals surface area contributed by atoms with Gasteiger partial charge in [-0.15, -0.1) is 0 Å². The third-order valence-electron chi connectivity index (χ3n) is 4.08. The van der Waals surface area contributed by atoms with E-state index in [9.17, 15) is 0 Å². The van der Waals surface area contributed by atoms with Gasteiger partial charge < -0.3 is 0 Å². The minimum atomic E-state index is 0.618. The fourth-order valence-electron chi connectivity index (χ4n) is 1.82. The van der Waals surface area contributed by atoms with Gasteiger partial charge in [0, 0.05) is 11.5 Å². The molecule has 8 atom stereocenters. The second-order valence-corrected chi connectivity index (χ2v) is 34.1. The molecular formula is C16H28S12Se2. The van der Waals surface area contributed by atoms with E-state index in [0.29, 0.717) is 7.29 Å². The van der Waals surface area contributed by atoms with E-state index in [2.05, 4.69) is 152 Å². The van der Waals surface area contributed by atoms with Gasteiger partial charge in [-0.2, -0.15) is 37.0 Å². The summed E-state index contributed by atoms with van der Waals surface area (Å²) >= 11 is 20.2. The molecule has 4 rings (SSSR count). The van der Waals surface area contributed by atoms with Crippen molar-refractivity contribution in [2.75, 3.05) is 23.0 Å². The molecule has 4 heterocycles. The molecule has 0 saturated carbocycles. The van der Waals surface area contributed by atoms with E-state index in [0.717, 1.165) is 79.5 Å². The van der Waals surface area contributed by atoms with Crippen molar-refractivity contribution in [3.05, 3.63) is 0 Å². The molecule has 4 fully saturated rings. The Morgan fingerprint density at radius 1 is 0.767 bits per heavy atom. The zero-order valence-electron chi connectivity index (χ0n) is 17.1. The Hall–Kier alpha value is 5.24. The Balaban J connectivity index is 0.000000318. The van der Waals surface area contributed by atoms with E-state index in [4.69, 9.17) is 0 Å². The molecule has 0 nitrogen and oxygen atoms in total. The maximum atomic E-state index is 4.05. The summed E-state index contributed by atoms with van der Waals surface area (Å²) in [6.07, 6.45) is 0. The van der Waals surface area contributed by atoms with E-state index in [1.807, 2.05) is 11.8 Å². The zero-order chi connectivity index (χ0) is 21.8. The molecule has 0 aliphatic carbocycles. The molecule has 8 unspecified atom stereocenters. The minimum Gasteiger partial charge on any atom is -0.179 e. The molecular weight excluding hydrogens is 735 g/mol. The van der Waals surface area contributed by atoms with Crippen molar-refractivity contribution in [3.8, 4) is 0 Å². The van der Waals surface area contributed by atoms with E-state index in [1.54, 1.807) is 0 Å². The van der Waals surface area contributed by atoms with E-state index < -0.39 is 0 Å². The van der Waals surface area contributed by atoms with Gasteiger partial charge in [-0.1, -0.05) is 0 Å². The third kappa shape index (κ3) is 10.5. The number of thioether (sulfide) groups is 5. The molecule has 0 aromatic rings. The van der Waals surface area contributed by atoms with Gasteiger partial charge in [0.05, 0.1) is 0 Å². The Morgan fingerprint density at radius 3 is 1.50 bits per heavy atom. The quantitative estimate of drug-likeness (QED) is 0.0590. The Labute approximate surface area is 246 Å². The fourth-order valence-corrected chi connectivity index (χ4v) is 42.0. The van der Waals surface area contributed by atoms with Crippen LogP contribution in [0.15, 0.2) is 0 Å². The smallest absolute Gasteiger partial charge is 0.00213 e. The summed E-state index contributed by atoms with van der Waals surface area (Å²) < 4.78 is 4.76. The van der Waals surface area contributed by atoms with Crippen molar-refractivity contribution in [2.24, 2.45) is 0 Å². The van der Waals surface area contributed by atoms with Crippen LogP contribution in [-0.2, 0) is 0 Å². The average Bonchev–Trinajstić information content (AvgIpc) is 3.60. The summed E-state index contributed by atoms with van der Waals surface area (Å²) in [5.41, 5.74) is 0. The van der Waals surface area contributed by atoms with E-state index in [1.165, 1.54) is 0 Å². The predicted octanol–water partition coefficient (Wildman–Crippen LogP) is 7.80. The first-order chi connectivity index (χ1) is 14.3. The zero-order valence-corrected chi connectivity index (χ0v) is 30.5. The maximum Gasteiger partial charge on any atom is 0.00213 e. The van der Waals surface area contributed by atoms with Crippen LogP contribution in [0.5, 0.6) is 0 Å². The summed E-state index contributed by atoms with van der Waals surface area (Å²) in [6.45, 7) is 9.73. The average molecular weight is 763 g/mol. The molecule has 0 aromatic heterocycles. The fraction of sp³-hybridized carbons (Fsp3) is 1.00. The normalized spacial score (nSPS) is 43.0. The molecule has 4 aliphatic rings. The van der Waals surface area contributed by atoms with Crippen LogP contribution < -0.4 is 0 Å². The van der Waals surface area contributed by atoms with Crippen LogP contribution in [0.2, 0.25) is 0 Å². The van der Waals surface area contributed by atoms with Gasteiger partial charge in [0.1, 0.15) is 0 Å². The molecule has 14 heteroatoms. The van der Waals surface area contributed by atoms with Crippen LogP contribution >= 0.6 is 136 Å². The van der Waals surface area contributed by atoms with Gasteiger partial charge >= 0.3 is 190 Å². The molecule has 0 N–H and O–H groups in total. The molecule has 0 bridgehead atoms. The molecule has 0 radical (unpaired) electrons. The van der Waals surface area contributed by atoms with Gasteiger partial charge in [0.2, 0.25) is 0 Å². The molecule has 176 valence electrons. The first-order valence-corrected chi connectivity index (χ1v) is 26.6. The third-order valence-corrected chi connectivity index (χ3v) is 36.7. The SMILES string of the molecule is CC1SC1SSC1SC1(C)[Se]S[Se]C1(C)SC1SSC1SC1C.SCCSCCS. The molecule has 0 spiro atoms. The van der Waals surface area contributed by atoms with Crippen LogP contribution in [0.4, 0.5) is 0 Å². The van der Waals surface area contributed by atoms with Gasteiger partial charge in [-0.3, -0.25) is 0 Å². The van der Waals surface area contributed by atoms with Crippen LogP contribution in [0.1, 0.15) is 27.7 Å². The molecule has 4 saturated heterocycles. The second-order valence-electron chi connectivity index (χ2n) is 7.03. The Morgan fingerprint density at radius 2 is 1.17 bits per heavy atom. The van der Waals surface area contributed by atoms with Gasteiger partial charge in [-0.05, 0) is 11.5 Å². The van der Waals surface area contributed by atoms with Gasteiger partial charge in [0.25, 0.3) is 0 Å². The van der Waals surface area contributed by atoms with Crippen molar-refractivity contribution >= 4 is 164 Å². The van der Waals surface area contributed by atoms with Crippen molar-refractivity contribution in [3.63, 3.8) is 0 Å². The number of hydrogen-bond donors (Lipinski definition) is 2. The number of hydrogen-bond acceptors (Lipinski definition) is 12. The van der Waals surface area contributed by atoms with E-state index in [-0.39, 0.29) is 0 Å². The van der Waals surface area contributed by atoms with Crippen molar-refractivity contribution in [1.82, 2.24) is 0 Å². The summed E-state index contributed by atoms with van der Waals surface area (Å²) in [5.74, 6) is 4.28. The topological polar surface area (TPSA) is 0 Å². The molecule has 0 aromatic carbocycles. The maximum absolute atomic E-state index is 4.05. The standard InChI is InChI=1S/C12H18S9Se2.C4H10S3/c1-5-7(13-5)17-19-9-11(3,15-9)22-21-23-12(4)10(16-12)20-18-8-6(2)14-8;5-1-3-7-4-2-6/h5-10H,1-4H3;5-6H,1-4H2. The molecule has 30 heavy (non-hydrogen) atoms. The molecule has 4 aliphatic heterocycles. The Bertz CT molecular complexity index is 502. The summed E-state index contributed by atoms with van der Waals surface area (Å²) in [6, 6.07) is 0. The minimum absolute atomic E-state index is 0.618. The van der Waals surface area contributed by atoms with Crippen LogP contribution in [-0.4, -0.2) is 86.8 Å². The Kier molecular flexibility index (Phi) is 14.3. The van der Waals surface area contributed by atoms with Crippen molar-refractivity contribution < 1.29 is 0 Å². The second kappa shape index (κ2) is 14.4. The first kappa shape index (κ1) is 29.8. The largest absolute Gasteiger partial charge is 0.179 e. The number of rotatable bonds is 14. The summed E-state index contributed by atoms with van der Waals surface area (Å²) in [4.78, 5) is 0. The van der Waals surface area contributed by atoms with Gasteiger partial charge in [0.15, 0.2) is 0 Å².